The van der Waals surface area contributed by atoms with E-state index in [9.17, 15) is 9.59 Å². The molecular weight excluding hydrogens is 391 g/mol. The maximum atomic E-state index is 12.5. The fourth-order valence-corrected chi connectivity index (χ4v) is 2.73. The van der Waals surface area contributed by atoms with Crippen molar-refractivity contribution in [1.82, 2.24) is 0 Å². The van der Waals surface area contributed by atoms with Gasteiger partial charge in [0.05, 0.1) is 15.6 Å². The monoisotopic (exact) mass is 404 g/mol. The molecular formula is C20H14Cl2O5. The minimum atomic E-state index is -0.524. The molecule has 2 aromatic carbocycles. The quantitative estimate of drug-likeness (QED) is 0.396. The van der Waals surface area contributed by atoms with Crippen molar-refractivity contribution in [1.29, 1.82) is 0 Å². The Kier molecular flexibility index (Phi) is 5.84. The Morgan fingerprint density at radius 3 is 2.81 bits per heavy atom. The van der Waals surface area contributed by atoms with Crippen molar-refractivity contribution in [3.63, 3.8) is 0 Å². The summed E-state index contributed by atoms with van der Waals surface area (Å²) < 4.78 is 15.8. The molecule has 0 spiro atoms. The lowest BCUT2D eigenvalue weighted by atomic mass is 10.1. The first-order valence-corrected chi connectivity index (χ1v) is 8.67. The van der Waals surface area contributed by atoms with Crippen LogP contribution in [0.4, 0.5) is 0 Å². The molecule has 0 saturated carbocycles. The summed E-state index contributed by atoms with van der Waals surface area (Å²) in [6, 6.07) is 9.80. The fraction of sp³-hybridized carbons (Fsp3) is 0.100. The lowest BCUT2D eigenvalue weighted by molar-refractivity contribution is -0.144. The van der Waals surface area contributed by atoms with Gasteiger partial charge in [0, 0.05) is 6.07 Å². The fourth-order valence-electron chi connectivity index (χ4n) is 2.37. The largest absolute Gasteiger partial charge is 0.482 e. The van der Waals surface area contributed by atoms with Crippen LogP contribution in [0.5, 0.6) is 11.5 Å². The van der Waals surface area contributed by atoms with Gasteiger partial charge in [0.2, 0.25) is 5.78 Å². The average molecular weight is 405 g/mol. The normalized spacial score (nSPS) is 13.9. The van der Waals surface area contributed by atoms with Crippen LogP contribution >= 0.6 is 23.2 Å². The molecule has 0 aromatic heterocycles. The first kappa shape index (κ1) is 19.0. The van der Waals surface area contributed by atoms with Crippen LogP contribution in [-0.4, -0.2) is 25.0 Å². The number of ketones is 1. The Labute approximate surface area is 165 Å². The molecule has 2 aromatic rings. The van der Waals surface area contributed by atoms with Gasteiger partial charge in [0.1, 0.15) is 18.1 Å². The molecule has 0 fully saturated rings. The van der Waals surface area contributed by atoms with Crippen molar-refractivity contribution in [3.05, 3.63) is 76.0 Å². The number of rotatable bonds is 6. The molecule has 0 aliphatic carbocycles. The van der Waals surface area contributed by atoms with E-state index in [1.54, 1.807) is 30.3 Å². The molecule has 0 N–H and O–H groups in total. The first-order valence-electron chi connectivity index (χ1n) is 7.91. The van der Waals surface area contributed by atoms with Gasteiger partial charge in [0.15, 0.2) is 12.4 Å². The highest BCUT2D eigenvalue weighted by Crippen LogP contribution is 2.36. The van der Waals surface area contributed by atoms with Gasteiger partial charge >= 0.3 is 5.97 Å². The number of ether oxygens (including phenoxy) is 3. The number of hydrogen-bond donors (Lipinski definition) is 0. The Bertz CT molecular complexity index is 949. The van der Waals surface area contributed by atoms with E-state index in [1.165, 1.54) is 18.2 Å². The molecule has 3 rings (SSSR count). The number of hydrogen-bond acceptors (Lipinski definition) is 5. The van der Waals surface area contributed by atoms with Crippen molar-refractivity contribution in [2.45, 2.75) is 0 Å². The van der Waals surface area contributed by atoms with Crippen LogP contribution in [0, 0.1) is 0 Å². The van der Waals surface area contributed by atoms with Crippen LogP contribution in [0.15, 0.2) is 54.8 Å². The predicted octanol–water partition coefficient (Wildman–Crippen LogP) is 4.72. The van der Waals surface area contributed by atoms with E-state index in [0.29, 0.717) is 32.7 Å². The summed E-state index contributed by atoms with van der Waals surface area (Å²) in [7, 11) is 0. The Hall–Kier alpha value is -2.76. The van der Waals surface area contributed by atoms with Crippen molar-refractivity contribution < 1.29 is 23.8 Å². The third-order valence-electron chi connectivity index (χ3n) is 3.63. The molecule has 0 radical (unpaired) electrons. The summed E-state index contributed by atoms with van der Waals surface area (Å²) in [5.74, 6) is 0.0266. The van der Waals surface area contributed by atoms with E-state index in [4.69, 9.17) is 37.4 Å². The Morgan fingerprint density at radius 1 is 1.22 bits per heavy atom. The van der Waals surface area contributed by atoms with Gasteiger partial charge in [-0.1, -0.05) is 48.0 Å². The number of carbonyl (C=O) groups is 2. The standard InChI is InChI=1S/C20H14Cl2O5/c1-2-8-25-18(23)11-26-13-6-7-14-16(10-13)27-17(20(14)24)9-12-4-3-5-15(21)19(12)22/h2-7,9-10H,1,8,11H2. The van der Waals surface area contributed by atoms with Gasteiger partial charge in [-0.15, -0.1) is 0 Å². The predicted molar refractivity (Wildman–Crippen MR) is 102 cm³/mol. The zero-order valence-corrected chi connectivity index (χ0v) is 15.5. The van der Waals surface area contributed by atoms with E-state index in [0.717, 1.165) is 0 Å². The minimum absolute atomic E-state index is 0.115. The van der Waals surface area contributed by atoms with Crippen molar-refractivity contribution in [3.8, 4) is 11.5 Å². The number of benzene rings is 2. The third-order valence-corrected chi connectivity index (χ3v) is 4.46. The molecule has 27 heavy (non-hydrogen) atoms. The van der Waals surface area contributed by atoms with Crippen molar-refractivity contribution >= 4 is 41.0 Å². The molecule has 138 valence electrons. The maximum Gasteiger partial charge on any atom is 0.344 e. The SMILES string of the molecule is C=CCOC(=O)COc1ccc2c(c1)OC(=Cc1cccc(Cl)c1Cl)C2=O. The molecule has 1 heterocycles. The Balaban J connectivity index is 1.75. The summed E-state index contributed by atoms with van der Waals surface area (Å²) in [6.07, 6.45) is 3.00. The van der Waals surface area contributed by atoms with Gasteiger partial charge in [-0.2, -0.15) is 0 Å². The molecule has 0 amide bonds. The lowest BCUT2D eigenvalue weighted by Gasteiger charge is -2.06. The van der Waals surface area contributed by atoms with E-state index in [2.05, 4.69) is 6.58 Å². The average Bonchev–Trinajstić information content (AvgIpc) is 2.97. The highest BCUT2D eigenvalue weighted by atomic mass is 35.5. The van der Waals surface area contributed by atoms with Crippen LogP contribution in [0.1, 0.15) is 15.9 Å². The zero-order valence-electron chi connectivity index (χ0n) is 14.0. The molecule has 0 bridgehead atoms. The summed E-state index contributed by atoms with van der Waals surface area (Å²) in [5.41, 5.74) is 0.961. The number of allylic oxidation sites excluding steroid dienone is 1. The van der Waals surface area contributed by atoms with Crippen molar-refractivity contribution in [2.24, 2.45) is 0 Å². The summed E-state index contributed by atoms with van der Waals surface area (Å²) >= 11 is 12.1. The van der Waals surface area contributed by atoms with E-state index in [1.807, 2.05) is 0 Å². The van der Waals surface area contributed by atoms with Gasteiger partial charge in [-0.25, -0.2) is 4.79 Å². The summed E-state index contributed by atoms with van der Waals surface area (Å²) in [5, 5.41) is 0.717. The highest BCUT2D eigenvalue weighted by Gasteiger charge is 2.28. The van der Waals surface area contributed by atoms with Gasteiger partial charge in [-0.05, 0) is 29.8 Å². The van der Waals surface area contributed by atoms with Crippen LogP contribution in [0.25, 0.3) is 6.08 Å². The molecule has 7 heteroatoms. The van der Waals surface area contributed by atoms with Gasteiger partial charge < -0.3 is 14.2 Å². The molecule has 1 aliphatic heterocycles. The van der Waals surface area contributed by atoms with Gasteiger partial charge in [0.25, 0.3) is 0 Å². The van der Waals surface area contributed by atoms with E-state index >= 15 is 0 Å². The Morgan fingerprint density at radius 2 is 2.04 bits per heavy atom. The molecule has 5 nitrogen and oxygen atoms in total. The second-order valence-electron chi connectivity index (χ2n) is 5.50. The zero-order chi connectivity index (χ0) is 19.4. The number of fused-ring (bicyclic) bond motifs is 1. The van der Waals surface area contributed by atoms with Crippen LogP contribution in [0.2, 0.25) is 10.0 Å². The van der Waals surface area contributed by atoms with Crippen LogP contribution < -0.4 is 9.47 Å². The van der Waals surface area contributed by atoms with Crippen molar-refractivity contribution in [2.75, 3.05) is 13.2 Å². The topological polar surface area (TPSA) is 61.8 Å². The van der Waals surface area contributed by atoms with Gasteiger partial charge in [-0.3, -0.25) is 4.79 Å². The number of halogens is 2. The van der Waals surface area contributed by atoms with Crippen LogP contribution in [0.3, 0.4) is 0 Å². The number of esters is 1. The molecule has 0 unspecified atom stereocenters. The van der Waals surface area contributed by atoms with E-state index in [-0.39, 0.29) is 24.8 Å². The second kappa shape index (κ2) is 8.29. The molecule has 0 saturated heterocycles. The summed E-state index contributed by atoms with van der Waals surface area (Å²) in [4.78, 5) is 24.0. The maximum absolute atomic E-state index is 12.5. The number of carbonyl (C=O) groups excluding carboxylic acids is 2. The van der Waals surface area contributed by atoms with Crippen LogP contribution in [-0.2, 0) is 9.53 Å². The smallest absolute Gasteiger partial charge is 0.344 e. The molecule has 1 aliphatic rings. The highest BCUT2D eigenvalue weighted by molar-refractivity contribution is 6.43. The molecule has 0 atom stereocenters. The lowest BCUT2D eigenvalue weighted by Crippen LogP contribution is -2.14. The summed E-state index contributed by atoms with van der Waals surface area (Å²) in [6.45, 7) is 3.31. The van der Waals surface area contributed by atoms with E-state index < -0.39 is 5.97 Å². The third kappa shape index (κ3) is 4.32. The minimum Gasteiger partial charge on any atom is -0.482 e. The number of Topliss-reactive ketones (excluding diaryl/α,β-unsaturated/α-hetero) is 1. The first-order chi connectivity index (χ1) is 13.0. The second-order valence-corrected chi connectivity index (χ2v) is 6.29.